The summed E-state index contributed by atoms with van der Waals surface area (Å²) >= 11 is 3.18. The Hall–Kier alpha value is -0.680. The van der Waals surface area contributed by atoms with E-state index in [1.807, 2.05) is 0 Å². The number of hydrogen-bond donors (Lipinski definition) is 0. The minimum Gasteiger partial charge on any atom is -0.414 e. The first kappa shape index (κ1) is 8.61. The molecule has 3 rings (SSSR count). The number of aromatic nitrogens is 2. The van der Waals surface area contributed by atoms with Crippen molar-refractivity contribution in [1.29, 1.82) is 0 Å². The predicted octanol–water partition coefficient (Wildman–Crippen LogP) is 1.76. The molecule has 2 bridgehead atoms. The van der Waals surface area contributed by atoms with Crippen molar-refractivity contribution in [2.45, 2.75) is 18.5 Å². The molecule has 1 fully saturated rings. The zero-order chi connectivity index (χ0) is 9.71. The Morgan fingerprint density at radius 3 is 2.93 bits per heavy atom. The zero-order valence-electron chi connectivity index (χ0n) is 7.72. The SMILES string of the molecule is CN1C2C=CC(C2)C1c1nnc(Br)o1. The van der Waals surface area contributed by atoms with E-state index in [1.165, 1.54) is 6.42 Å². The normalized spacial score (nSPS) is 35.7. The van der Waals surface area contributed by atoms with Gasteiger partial charge < -0.3 is 4.42 Å². The lowest BCUT2D eigenvalue weighted by Gasteiger charge is -2.25. The molecule has 74 valence electrons. The maximum Gasteiger partial charge on any atom is 0.284 e. The summed E-state index contributed by atoms with van der Waals surface area (Å²) in [6.07, 6.45) is 5.70. The molecule has 1 aliphatic carbocycles. The van der Waals surface area contributed by atoms with Crippen LogP contribution in [0.25, 0.3) is 0 Å². The molecule has 0 aromatic carbocycles. The summed E-state index contributed by atoms with van der Waals surface area (Å²) < 4.78 is 5.41. The molecule has 14 heavy (non-hydrogen) atoms. The van der Waals surface area contributed by atoms with E-state index in [1.54, 1.807) is 0 Å². The summed E-state index contributed by atoms with van der Waals surface area (Å²) in [5.74, 6) is 1.26. The first-order chi connectivity index (χ1) is 6.75. The van der Waals surface area contributed by atoms with E-state index < -0.39 is 0 Å². The number of nitrogens with zero attached hydrogens (tertiary/aromatic N) is 3. The summed E-state index contributed by atoms with van der Waals surface area (Å²) in [6.45, 7) is 0. The molecule has 1 aromatic heterocycles. The maximum atomic E-state index is 5.41. The molecular formula is C9H10BrN3O. The van der Waals surface area contributed by atoms with Crippen LogP contribution in [0, 0.1) is 5.92 Å². The van der Waals surface area contributed by atoms with Gasteiger partial charge in [-0.15, -0.1) is 10.2 Å². The maximum absolute atomic E-state index is 5.41. The van der Waals surface area contributed by atoms with Crippen LogP contribution in [0.1, 0.15) is 18.4 Å². The largest absolute Gasteiger partial charge is 0.414 e. The van der Waals surface area contributed by atoms with Gasteiger partial charge in [0.1, 0.15) is 0 Å². The summed E-state index contributed by atoms with van der Waals surface area (Å²) in [6, 6.07) is 0.819. The van der Waals surface area contributed by atoms with Gasteiger partial charge in [0.2, 0.25) is 5.89 Å². The van der Waals surface area contributed by atoms with Crippen LogP contribution in [0.2, 0.25) is 0 Å². The van der Waals surface area contributed by atoms with E-state index in [9.17, 15) is 0 Å². The molecular weight excluding hydrogens is 246 g/mol. The minimum absolute atomic E-state index is 0.267. The third-order valence-electron chi connectivity index (χ3n) is 3.13. The van der Waals surface area contributed by atoms with Gasteiger partial charge in [-0.05, 0) is 13.5 Å². The van der Waals surface area contributed by atoms with Crippen molar-refractivity contribution in [3.8, 4) is 0 Å². The molecule has 0 radical (unpaired) electrons. The van der Waals surface area contributed by atoms with Gasteiger partial charge in [-0.25, -0.2) is 0 Å². The molecule has 0 spiro atoms. The fraction of sp³-hybridized carbons (Fsp3) is 0.556. The van der Waals surface area contributed by atoms with Crippen molar-refractivity contribution >= 4 is 15.9 Å². The molecule has 1 saturated heterocycles. The Morgan fingerprint density at radius 2 is 2.36 bits per heavy atom. The Labute approximate surface area is 90.1 Å². The topological polar surface area (TPSA) is 42.2 Å². The van der Waals surface area contributed by atoms with E-state index in [-0.39, 0.29) is 6.04 Å². The number of fused-ring (bicyclic) bond motifs is 2. The highest BCUT2D eigenvalue weighted by atomic mass is 79.9. The lowest BCUT2D eigenvalue weighted by molar-refractivity contribution is 0.211. The second-order valence-corrected chi connectivity index (χ2v) is 4.53. The van der Waals surface area contributed by atoms with E-state index in [0.717, 1.165) is 5.89 Å². The fourth-order valence-electron chi connectivity index (χ4n) is 2.44. The Bertz CT molecular complexity index is 389. The molecule has 0 saturated carbocycles. The van der Waals surface area contributed by atoms with Gasteiger partial charge in [0.25, 0.3) is 4.80 Å². The summed E-state index contributed by atoms with van der Waals surface area (Å²) in [4.78, 5) is 2.76. The summed E-state index contributed by atoms with van der Waals surface area (Å²) in [5.41, 5.74) is 0. The third-order valence-corrected chi connectivity index (χ3v) is 3.45. The molecule has 2 aliphatic rings. The monoisotopic (exact) mass is 255 g/mol. The highest BCUT2D eigenvalue weighted by Crippen LogP contribution is 2.44. The number of likely N-dealkylation sites (tertiary alicyclic amines) is 1. The molecule has 3 atom stereocenters. The lowest BCUT2D eigenvalue weighted by Crippen LogP contribution is -2.29. The van der Waals surface area contributed by atoms with Crippen molar-refractivity contribution in [3.63, 3.8) is 0 Å². The van der Waals surface area contributed by atoms with Crippen LogP contribution in [0.15, 0.2) is 21.4 Å². The van der Waals surface area contributed by atoms with Gasteiger partial charge in [-0.1, -0.05) is 12.2 Å². The summed E-state index contributed by atoms with van der Waals surface area (Å²) in [5, 5.41) is 7.86. The second-order valence-electron chi connectivity index (χ2n) is 3.86. The van der Waals surface area contributed by atoms with E-state index in [4.69, 9.17) is 4.42 Å². The standard InChI is InChI=1S/C9H10BrN3O/c1-13-6-3-2-5(4-6)7(13)8-11-12-9(10)14-8/h2-3,5-7H,4H2,1H3. The van der Waals surface area contributed by atoms with Gasteiger partial charge in [0, 0.05) is 27.9 Å². The van der Waals surface area contributed by atoms with Gasteiger partial charge in [-0.3, -0.25) is 4.90 Å². The van der Waals surface area contributed by atoms with Gasteiger partial charge >= 0.3 is 0 Å². The Kier molecular flexibility index (Phi) is 1.79. The van der Waals surface area contributed by atoms with Crippen LogP contribution in [0.3, 0.4) is 0 Å². The van der Waals surface area contributed by atoms with Crippen LogP contribution in [0.5, 0.6) is 0 Å². The molecule has 5 heteroatoms. The number of rotatable bonds is 1. The molecule has 2 heterocycles. The molecule has 3 unspecified atom stereocenters. The third kappa shape index (κ3) is 1.09. The van der Waals surface area contributed by atoms with Gasteiger partial charge in [0.15, 0.2) is 0 Å². The Morgan fingerprint density at radius 1 is 1.50 bits per heavy atom. The average Bonchev–Trinajstić information content (AvgIpc) is 2.80. The average molecular weight is 256 g/mol. The second kappa shape index (κ2) is 2.90. The lowest BCUT2D eigenvalue weighted by atomic mass is 10.0. The van der Waals surface area contributed by atoms with E-state index in [2.05, 4.69) is 50.2 Å². The highest BCUT2D eigenvalue weighted by Gasteiger charge is 2.43. The molecule has 0 amide bonds. The number of likely N-dealkylation sites (N-methyl/N-ethyl adjacent to an activating group) is 1. The quantitative estimate of drug-likeness (QED) is 0.718. The van der Waals surface area contributed by atoms with Crippen LogP contribution < -0.4 is 0 Å². The van der Waals surface area contributed by atoms with Gasteiger partial charge in [0.05, 0.1) is 6.04 Å². The first-order valence-electron chi connectivity index (χ1n) is 4.65. The van der Waals surface area contributed by atoms with E-state index >= 15 is 0 Å². The first-order valence-corrected chi connectivity index (χ1v) is 5.44. The predicted molar refractivity (Wildman–Crippen MR) is 53.5 cm³/mol. The zero-order valence-corrected chi connectivity index (χ0v) is 9.31. The van der Waals surface area contributed by atoms with Crippen molar-refractivity contribution in [2.75, 3.05) is 7.05 Å². The number of halogens is 1. The van der Waals surface area contributed by atoms with Crippen molar-refractivity contribution in [3.05, 3.63) is 22.8 Å². The molecule has 0 N–H and O–H groups in total. The van der Waals surface area contributed by atoms with Crippen LogP contribution in [-0.4, -0.2) is 28.2 Å². The van der Waals surface area contributed by atoms with E-state index in [0.29, 0.717) is 16.8 Å². The fourth-order valence-corrected chi connectivity index (χ4v) is 2.69. The van der Waals surface area contributed by atoms with Crippen LogP contribution >= 0.6 is 15.9 Å². The van der Waals surface area contributed by atoms with Crippen molar-refractivity contribution < 1.29 is 4.42 Å². The van der Waals surface area contributed by atoms with Gasteiger partial charge in [-0.2, -0.15) is 0 Å². The highest BCUT2D eigenvalue weighted by molar-refractivity contribution is 9.10. The summed E-state index contributed by atoms with van der Waals surface area (Å²) in [7, 11) is 2.11. The number of hydrogen-bond acceptors (Lipinski definition) is 4. The molecule has 4 nitrogen and oxygen atoms in total. The van der Waals surface area contributed by atoms with Crippen molar-refractivity contribution in [2.24, 2.45) is 5.92 Å². The smallest absolute Gasteiger partial charge is 0.284 e. The Balaban J connectivity index is 1.96. The van der Waals surface area contributed by atoms with Crippen LogP contribution in [0.4, 0.5) is 0 Å². The molecule has 1 aliphatic heterocycles. The molecule has 1 aromatic rings. The minimum atomic E-state index is 0.267. The van der Waals surface area contributed by atoms with Crippen molar-refractivity contribution in [1.82, 2.24) is 15.1 Å². The van der Waals surface area contributed by atoms with Crippen LogP contribution in [-0.2, 0) is 0 Å².